The average molecular weight is 122 g/mol. The number of rotatable bonds is 1. The van der Waals surface area contributed by atoms with E-state index in [-0.39, 0.29) is 0 Å². The molecule has 0 aliphatic heterocycles. The van der Waals surface area contributed by atoms with Gasteiger partial charge < -0.3 is 0 Å². The van der Waals surface area contributed by atoms with Gasteiger partial charge in [-0.05, 0) is 37.0 Å². The third kappa shape index (κ3) is 0.417. The van der Waals surface area contributed by atoms with Crippen LogP contribution in [0, 0.1) is 11.3 Å². The molecule has 2 fully saturated rings. The number of hydrogen-bond acceptors (Lipinski definition) is 0. The van der Waals surface area contributed by atoms with Crippen molar-refractivity contribution in [2.75, 3.05) is 0 Å². The SMILES string of the molecule is C=C1CC2CCC12CC. The van der Waals surface area contributed by atoms with Crippen LogP contribution in [0.5, 0.6) is 0 Å². The minimum atomic E-state index is 0.667. The molecule has 2 unspecified atom stereocenters. The minimum Gasteiger partial charge on any atom is -0.0993 e. The second-order valence-corrected chi connectivity index (χ2v) is 3.55. The van der Waals surface area contributed by atoms with Crippen molar-refractivity contribution in [3.05, 3.63) is 12.2 Å². The first-order valence-electron chi connectivity index (χ1n) is 3.98. The van der Waals surface area contributed by atoms with E-state index >= 15 is 0 Å². The lowest BCUT2D eigenvalue weighted by Crippen LogP contribution is -2.49. The summed E-state index contributed by atoms with van der Waals surface area (Å²) in [6.07, 6.45) is 5.60. The van der Waals surface area contributed by atoms with Crippen LogP contribution in [0.2, 0.25) is 0 Å². The largest absolute Gasteiger partial charge is 0.0993 e. The first-order valence-corrected chi connectivity index (χ1v) is 3.98. The molecule has 0 heterocycles. The molecule has 0 aromatic heterocycles. The number of hydrogen-bond donors (Lipinski definition) is 0. The molecular weight excluding hydrogens is 108 g/mol. The third-order valence-corrected chi connectivity index (χ3v) is 3.55. The predicted molar refractivity (Wildman–Crippen MR) is 39.2 cm³/mol. The summed E-state index contributed by atoms with van der Waals surface area (Å²) in [5.41, 5.74) is 2.21. The Morgan fingerprint density at radius 2 is 2.56 bits per heavy atom. The van der Waals surface area contributed by atoms with Gasteiger partial charge in [0, 0.05) is 0 Å². The first-order chi connectivity index (χ1) is 4.29. The second-order valence-electron chi connectivity index (χ2n) is 3.55. The van der Waals surface area contributed by atoms with Gasteiger partial charge >= 0.3 is 0 Å². The fourth-order valence-electron chi connectivity index (χ4n) is 2.54. The monoisotopic (exact) mass is 122 g/mol. The van der Waals surface area contributed by atoms with Gasteiger partial charge in [-0.2, -0.15) is 0 Å². The van der Waals surface area contributed by atoms with E-state index in [0.29, 0.717) is 5.41 Å². The van der Waals surface area contributed by atoms with Gasteiger partial charge in [0.1, 0.15) is 0 Å². The van der Waals surface area contributed by atoms with Gasteiger partial charge in [0.2, 0.25) is 0 Å². The summed E-state index contributed by atoms with van der Waals surface area (Å²) >= 11 is 0. The average Bonchev–Trinajstić information content (AvgIpc) is 1.84. The number of allylic oxidation sites excluding steroid dienone is 1. The van der Waals surface area contributed by atoms with Crippen molar-refractivity contribution in [3.63, 3.8) is 0 Å². The Balaban J connectivity index is 2.18. The Bertz CT molecular complexity index is 153. The summed E-state index contributed by atoms with van der Waals surface area (Å²) in [5.74, 6) is 1.05. The molecule has 0 radical (unpaired) electrons. The molecule has 2 rings (SSSR count). The first kappa shape index (κ1) is 5.52. The fourth-order valence-corrected chi connectivity index (χ4v) is 2.54. The van der Waals surface area contributed by atoms with Crippen LogP contribution in [0.15, 0.2) is 12.2 Å². The van der Waals surface area contributed by atoms with Gasteiger partial charge in [0.15, 0.2) is 0 Å². The lowest BCUT2D eigenvalue weighted by atomic mass is 9.44. The van der Waals surface area contributed by atoms with Crippen LogP contribution in [-0.2, 0) is 0 Å². The topological polar surface area (TPSA) is 0 Å². The van der Waals surface area contributed by atoms with Crippen LogP contribution < -0.4 is 0 Å². The summed E-state index contributed by atoms with van der Waals surface area (Å²) in [6, 6.07) is 0. The molecule has 0 saturated heterocycles. The van der Waals surface area contributed by atoms with E-state index in [1.54, 1.807) is 5.57 Å². The van der Waals surface area contributed by atoms with Crippen molar-refractivity contribution < 1.29 is 0 Å². The van der Waals surface area contributed by atoms with Crippen molar-refractivity contribution >= 4 is 0 Å². The van der Waals surface area contributed by atoms with Gasteiger partial charge in [0.25, 0.3) is 0 Å². The summed E-state index contributed by atoms with van der Waals surface area (Å²) < 4.78 is 0. The highest BCUT2D eigenvalue weighted by Crippen LogP contribution is 2.65. The maximum atomic E-state index is 4.09. The Kier molecular flexibility index (Phi) is 0.870. The maximum absolute atomic E-state index is 4.09. The van der Waals surface area contributed by atoms with Crippen LogP contribution in [0.3, 0.4) is 0 Å². The zero-order chi connectivity index (χ0) is 6.48. The quantitative estimate of drug-likeness (QED) is 0.469. The molecule has 2 atom stereocenters. The molecule has 0 heteroatoms. The van der Waals surface area contributed by atoms with Gasteiger partial charge in [-0.3, -0.25) is 0 Å². The molecular formula is C9H14. The third-order valence-electron chi connectivity index (χ3n) is 3.55. The van der Waals surface area contributed by atoms with E-state index in [4.69, 9.17) is 0 Å². The van der Waals surface area contributed by atoms with Crippen LogP contribution in [-0.4, -0.2) is 0 Å². The fraction of sp³-hybridized carbons (Fsp3) is 0.778. The Morgan fingerprint density at radius 3 is 2.67 bits per heavy atom. The summed E-state index contributed by atoms with van der Waals surface area (Å²) in [5, 5.41) is 0. The molecule has 0 nitrogen and oxygen atoms in total. The Morgan fingerprint density at radius 1 is 1.78 bits per heavy atom. The minimum absolute atomic E-state index is 0.667. The van der Waals surface area contributed by atoms with Crippen LogP contribution in [0.4, 0.5) is 0 Å². The number of fused-ring (bicyclic) bond motifs is 1. The molecule has 2 aliphatic rings. The molecule has 2 saturated carbocycles. The smallest absolute Gasteiger partial charge is 0.00619 e. The zero-order valence-corrected chi connectivity index (χ0v) is 6.11. The lowest BCUT2D eigenvalue weighted by molar-refractivity contribution is -0.00461. The lowest BCUT2D eigenvalue weighted by Gasteiger charge is -2.60. The standard InChI is InChI=1S/C9H14/c1-3-9-5-4-8(9)6-7(9)2/h8H,2-6H2,1H3. The highest BCUT2D eigenvalue weighted by molar-refractivity contribution is 5.28. The van der Waals surface area contributed by atoms with Gasteiger partial charge in [-0.15, -0.1) is 0 Å². The molecule has 0 bridgehead atoms. The molecule has 2 aliphatic carbocycles. The van der Waals surface area contributed by atoms with Crippen LogP contribution in [0.1, 0.15) is 32.6 Å². The Hall–Kier alpha value is -0.260. The predicted octanol–water partition coefficient (Wildman–Crippen LogP) is 2.75. The van der Waals surface area contributed by atoms with E-state index in [1.165, 1.54) is 25.7 Å². The van der Waals surface area contributed by atoms with Crippen molar-refractivity contribution in [1.82, 2.24) is 0 Å². The molecule has 0 aromatic rings. The maximum Gasteiger partial charge on any atom is -0.00619 e. The van der Waals surface area contributed by atoms with E-state index in [0.717, 1.165) is 5.92 Å². The molecule has 0 aromatic carbocycles. The van der Waals surface area contributed by atoms with Crippen molar-refractivity contribution in [1.29, 1.82) is 0 Å². The second kappa shape index (κ2) is 1.42. The van der Waals surface area contributed by atoms with Crippen molar-refractivity contribution in [2.45, 2.75) is 32.6 Å². The molecule has 0 N–H and O–H groups in total. The summed E-state index contributed by atoms with van der Waals surface area (Å²) in [4.78, 5) is 0. The van der Waals surface area contributed by atoms with Crippen LogP contribution in [0.25, 0.3) is 0 Å². The normalized spacial score (nSPS) is 47.2. The molecule has 9 heavy (non-hydrogen) atoms. The van der Waals surface area contributed by atoms with Crippen molar-refractivity contribution in [2.24, 2.45) is 11.3 Å². The zero-order valence-electron chi connectivity index (χ0n) is 6.11. The van der Waals surface area contributed by atoms with E-state index in [9.17, 15) is 0 Å². The van der Waals surface area contributed by atoms with Crippen LogP contribution >= 0.6 is 0 Å². The molecule has 0 spiro atoms. The van der Waals surface area contributed by atoms with Gasteiger partial charge in [-0.25, -0.2) is 0 Å². The Labute approximate surface area is 57.0 Å². The summed E-state index contributed by atoms with van der Waals surface area (Å²) in [6.45, 7) is 6.39. The summed E-state index contributed by atoms with van der Waals surface area (Å²) in [7, 11) is 0. The van der Waals surface area contributed by atoms with Crippen molar-refractivity contribution in [3.8, 4) is 0 Å². The van der Waals surface area contributed by atoms with Gasteiger partial charge in [-0.1, -0.05) is 19.1 Å². The molecule has 0 amide bonds. The van der Waals surface area contributed by atoms with Gasteiger partial charge in [0.05, 0.1) is 0 Å². The molecule has 50 valence electrons. The highest BCUT2D eigenvalue weighted by atomic mass is 14.6. The van der Waals surface area contributed by atoms with E-state index in [1.807, 2.05) is 0 Å². The van der Waals surface area contributed by atoms with E-state index < -0.39 is 0 Å². The van der Waals surface area contributed by atoms with E-state index in [2.05, 4.69) is 13.5 Å². The highest BCUT2D eigenvalue weighted by Gasteiger charge is 2.54.